The van der Waals surface area contributed by atoms with Gasteiger partial charge in [-0.25, -0.2) is 4.79 Å². The molecule has 0 amide bonds. The Bertz CT molecular complexity index is 627. The molecule has 0 saturated carbocycles. The van der Waals surface area contributed by atoms with Crippen molar-refractivity contribution in [2.24, 2.45) is 5.92 Å². The number of halogens is 1. The predicted molar refractivity (Wildman–Crippen MR) is 81.4 cm³/mol. The zero-order valence-corrected chi connectivity index (χ0v) is 12.6. The largest absolute Gasteiger partial charge is 0.477 e. The van der Waals surface area contributed by atoms with Crippen molar-refractivity contribution in [1.82, 2.24) is 4.57 Å². The molecule has 20 heavy (non-hydrogen) atoms. The van der Waals surface area contributed by atoms with E-state index in [-0.39, 0.29) is 0 Å². The van der Waals surface area contributed by atoms with Crippen molar-refractivity contribution in [3.63, 3.8) is 0 Å². The Hall–Kier alpha value is -1.74. The molecular formula is C16H18ClNO2. The lowest BCUT2D eigenvalue weighted by atomic mass is 10.0. The molecule has 0 unspecified atom stereocenters. The van der Waals surface area contributed by atoms with Gasteiger partial charge >= 0.3 is 5.97 Å². The second-order valence-electron chi connectivity index (χ2n) is 5.39. The number of nitrogens with zero attached hydrogens (tertiary/aromatic N) is 1. The van der Waals surface area contributed by atoms with Crippen LogP contribution in [0.3, 0.4) is 0 Å². The van der Waals surface area contributed by atoms with Gasteiger partial charge < -0.3 is 9.67 Å². The molecule has 1 heterocycles. The van der Waals surface area contributed by atoms with Crippen LogP contribution in [-0.2, 0) is 6.54 Å². The van der Waals surface area contributed by atoms with Gasteiger partial charge in [0, 0.05) is 23.3 Å². The lowest BCUT2D eigenvalue weighted by Crippen LogP contribution is -2.12. The summed E-state index contributed by atoms with van der Waals surface area (Å²) in [5.41, 5.74) is 2.96. The van der Waals surface area contributed by atoms with E-state index in [1.165, 1.54) is 0 Å². The third kappa shape index (κ3) is 2.88. The number of aromatic nitrogens is 1. The molecule has 2 aromatic rings. The Labute approximate surface area is 123 Å². The van der Waals surface area contributed by atoms with E-state index in [9.17, 15) is 9.90 Å². The van der Waals surface area contributed by atoms with Crippen molar-refractivity contribution in [1.29, 1.82) is 0 Å². The first-order valence-corrected chi connectivity index (χ1v) is 6.97. The summed E-state index contributed by atoms with van der Waals surface area (Å²) in [4.78, 5) is 11.6. The Morgan fingerprint density at radius 1 is 1.30 bits per heavy atom. The van der Waals surface area contributed by atoms with Gasteiger partial charge in [-0.05, 0) is 36.1 Å². The third-order valence-corrected chi connectivity index (χ3v) is 3.42. The molecule has 106 valence electrons. The van der Waals surface area contributed by atoms with Crippen molar-refractivity contribution in [2.75, 3.05) is 0 Å². The highest BCUT2D eigenvalue weighted by molar-refractivity contribution is 6.30. The number of benzene rings is 1. The molecule has 1 aromatic carbocycles. The summed E-state index contributed by atoms with van der Waals surface area (Å²) in [7, 11) is 0. The Balaban J connectivity index is 2.60. The van der Waals surface area contributed by atoms with Gasteiger partial charge in [-0.1, -0.05) is 37.6 Å². The van der Waals surface area contributed by atoms with Gasteiger partial charge in [0.05, 0.1) is 0 Å². The maximum Gasteiger partial charge on any atom is 0.353 e. The average molecular weight is 292 g/mol. The van der Waals surface area contributed by atoms with E-state index in [1.54, 1.807) is 12.1 Å². The highest BCUT2D eigenvalue weighted by Crippen LogP contribution is 2.30. The molecule has 1 N–H and O–H groups in total. The van der Waals surface area contributed by atoms with Crippen LogP contribution in [0.2, 0.25) is 5.02 Å². The van der Waals surface area contributed by atoms with Crippen LogP contribution >= 0.6 is 11.6 Å². The number of carboxylic acids is 1. The van der Waals surface area contributed by atoms with Gasteiger partial charge in [0.2, 0.25) is 0 Å². The van der Waals surface area contributed by atoms with Gasteiger partial charge in [0.25, 0.3) is 0 Å². The highest BCUT2D eigenvalue weighted by Gasteiger charge is 2.21. The fourth-order valence-electron chi connectivity index (χ4n) is 2.44. The molecule has 3 nitrogen and oxygen atoms in total. The predicted octanol–water partition coefficient (Wildman–Crippen LogP) is 4.47. The van der Waals surface area contributed by atoms with Crippen LogP contribution in [0.1, 0.15) is 29.9 Å². The molecule has 0 bridgehead atoms. The second kappa shape index (κ2) is 5.71. The van der Waals surface area contributed by atoms with Crippen LogP contribution in [0.25, 0.3) is 11.1 Å². The fraction of sp³-hybridized carbons (Fsp3) is 0.312. The summed E-state index contributed by atoms with van der Waals surface area (Å²) in [6.45, 7) is 6.77. The first-order chi connectivity index (χ1) is 9.40. The van der Waals surface area contributed by atoms with Crippen LogP contribution in [0.15, 0.2) is 30.5 Å². The molecule has 0 aliphatic heterocycles. The summed E-state index contributed by atoms with van der Waals surface area (Å²) in [6, 6.07) is 7.27. The van der Waals surface area contributed by atoms with E-state index >= 15 is 0 Å². The summed E-state index contributed by atoms with van der Waals surface area (Å²) < 4.78 is 1.83. The number of hydrogen-bond donors (Lipinski definition) is 1. The normalized spacial score (nSPS) is 11.1. The number of rotatable bonds is 4. The monoisotopic (exact) mass is 291 g/mol. The van der Waals surface area contributed by atoms with Gasteiger partial charge in [0.1, 0.15) is 5.69 Å². The molecule has 0 aliphatic carbocycles. The van der Waals surface area contributed by atoms with Crippen LogP contribution in [0.4, 0.5) is 0 Å². The van der Waals surface area contributed by atoms with Gasteiger partial charge in [-0.15, -0.1) is 0 Å². The zero-order chi connectivity index (χ0) is 14.9. The van der Waals surface area contributed by atoms with Crippen LogP contribution in [0, 0.1) is 12.8 Å². The van der Waals surface area contributed by atoms with Crippen LogP contribution in [0.5, 0.6) is 0 Å². The number of carboxylic acid groups (broad SMARTS) is 1. The summed E-state index contributed by atoms with van der Waals surface area (Å²) in [5.74, 6) is -0.512. The number of aryl methyl sites for hydroxylation is 1. The molecular weight excluding hydrogens is 274 g/mol. The third-order valence-electron chi connectivity index (χ3n) is 3.17. The summed E-state index contributed by atoms with van der Waals surface area (Å²) >= 11 is 5.89. The standard InChI is InChI=1S/C16H18ClNO2/c1-10(2)8-18-9-11(3)14(15(18)16(19)20)12-4-6-13(17)7-5-12/h4-7,9-10H,8H2,1-3H3,(H,19,20). The number of aromatic carboxylic acids is 1. The van der Waals surface area contributed by atoms with E-state index < -0.39 is 5.97 Å². The van der Waals surface area contributed by atoms with Gasteiger partial charge in [0.15, 0.2) is 0 Å². The fourth-order valence-corrected chi connectivity index (χ4v) is 2.57. The average Bonchev–Trinajstić information content (AvgIpc) is 2.66. The molecule has 2 rings (SSSR count). The maximum absolute atomic E-state index is 11.6. The van der Waals surface area contributed by atoms with E-state index in [4.69, 9.17) is 11.6 Å². The van der Waals surface area contributed by atoms with E-state index in [0.29, 0.717) is 23.2 Å². The van der Waals surface area contributed by atoms with E-state index in [0.717, 1.165) is 16.7 Å². The minimum absolute atomic E-state index is 0.346. The number of carbonyl (C=O) groups is 1. The molecule has 1 aromatic heterocycles. The maximum atomic E-state index is 11.6. The van der Waals surface area contributed by atoms with Crippen molar-refractivity contribution >= 4 is 17.6 Å². The van der Waals surface area contributed by atoms with Crippen molar-refractivity contribution in [2.45, 2.75) is 27.3 Å². The summed E-state index contributed by atoms with van der Waals surface area (Å²) in [6.07, 6.45) is 1.91. The van der Waals surface area contributed by atoms with E-state index in [2.05, 4.69) is 13.8 Å². The quantitative estimate of drug-likeness (QED) is 0.903. The minimum atomic E-state index is -0.899. The first kappa shape index (κ1) is 14.7. The van der Waals surface area contributed by atoms with E-state index in [1.807, 2.05) is 29.8 Å². The second-order valence-corrected chi connectivity index (χ2v) is 5.83. The minimum Gasteiger partial charge on any atom is -0.477 e. The van der Waals surface area contributed by atoms with Gasteiger partial charge in [-0.2, -0.15) is 0 Å². The lowest BCUT2D eigenvalue weighted by molar-refractivity contribution is 0.0685. The molecule has 0 fully saturated rings. The number of hydrogen-bond acceptors (Lipinski definition) is 1. The smallest absolute Gasteiger partial charge is 0.353 e. The Kier molecular flexibility index (Phi) is 4.19. The van der Waals surface area contributed by atoms with Crippen molar-refractivity contribution < 1.29 is 9.90 Å². The highest BCUT2D eigenvalue weighted by atomic mass is 35.5. The SMILES string of the molecule is Cc1cn(CC(C)C)c(C(=O)O)c1-c1ccc(Cl)cc1. The molecule has 0 atom stereocenters. The zero-order valence-electron chi connectivity index (χ0n) is 11.9. The lowest BCUT2D eigenvalue weighted by Gasteiger charge is -2.10. The van der Waals surface area contributed by atoms with Crippen molar-refractivity contribution in [3.8, 4) is 11.1 Å². The first-order valence-electron chi connectivity index (χ1n) is 6.59. The van der Waals surface area contributed by atoms with Crippen molar-refractivity contribution in [3.05, 3.63) is 46.7 Å². The molecule has 4 heteroatoms. The van der Waals surface area contributed by atoms with Crippen LogP contribution < -0.4 is 0 Å². The molecule has 0 saturated heterocycles. The van der Waals surface area contributed by atoms with Gasteiger partial charge in [-0.3, -0.25) is 0 Å². The summed E-state index contributed by atoms with van der Waals surface area (Å²) in [5, 5.41) is 10.2. The van der Waals surface area contributed by atoms with Crippen LogP contribution in [-0.4, -0.2) is 15.6 Å². The molecule has 0 radical (unpaired) electrons. The molecule has 0 aliphatic rings. The Morgan fingerprint density at radius 2 is 1.90 bits per heavy atom. The molecule has 0 spiro atoms. The topological polar surface area (TPSA) is 42.2 Å². The Morgan fingerprint density at radius 3 is 2.40 bits per heavy atom.